The number of rotatable bonds is 6. The Kier molecular flexibility index (Phi) is 7.21. The number of benzene rings is 5. The first-order chi connectivity index (χ1) is 20.8. The number of hydrogen-bond donors (Lipinski definition) is 3. The van der Waals surface area contributed by atoms with Crippen LogP contribution in [0.5, 0.6) is 5.75 Å². The summed E-state index contributed by atoms with van der Waals surface area (Å²) in [6, 6.07) is 36.9. The maximum absolute atomic E-state index is 14.7. The van der Waals surface area contributed by atoms with Gasteiger partial charge in [0, 0.05) is 16.8 Å². The molecule has 0 aliphatic carbocycles. The fraction of sp³-hybridized carbons (Fsp3) is 0.0571. The lowest BCUT2D eigenvalue weighted by atomic mass is 9.91. The van der Waals surface area contributed by atoms with E-state index < -0.39 is 22.0 Å². The zero-order valence-corrected chi connectivity index (χ0v) is 24.1. The van der Waals surface area contributed by atoms with E-state index in [1.807, 2.05) is 66.7 Å². The molecule has 214 valence electrons. The van der Waals surface area contributed by atoms with Gasteiger partial charge in [0.05, 0.1) is 27.9 Å². The average Bonchev–Trinajstić information content (AvgIpc) is 3.02. The van der Waals surface area contributed by atoms with E-state index in [0.29, 0.717) is 28.2 Å². The van der Waals surface area contributed by atoms with Gasteiger partial charge in [-0.05, 0) is 66.1 Å². The number of sulfonamides is 1. The van der Waals surface area contributed by atoms with E-state index >= 15 is 0 Å². The summed E-state index contributed by atoms with van der Waals surface area (Å²) in [5, 5.41) is 13.0. The molecule has 1 aliphatic rings. The third-order valence-electron chi connectivity index (χ3n) is 7.47. The molecule has 1 heterocycles. The van der Waals surface area contributed by atoms with Crippen molar-refractivity contribution in [1.82, 2.24) is 5.32 Å². The first-order valence-electron chi connectivity index (χ1n) is 13.7. The number of nitrogens with one attached hydrogen (secondary N) is 1. The van der Waals surface area contributed by atoms with Crippen LogP contribution < -0.4 is 15.4 Å². The standard InChI is InChI=1S/C35H29N3O4S/c1-23(37-35(40)29-14-8-9-15-31(29)39)26-16-21-30-32(22-26)43(41,42)38(28-19-17-27(36)18-20-28)34(25-12-6-3-7-13-25)33(30)24-10-4-2-5-11-24/h2-23,39H,36H2,1H3,(H,37,40). The lowest BCUT2D eigenvalue weighted by Crippen LogP contribution is -2.35. The van der Waals surface area contributed by atoms with Gasteiger partial charge in [0.1, 0.15) is 5.75 Å². The highest BCUT2D eigenvalue weighted by Gasteiger charge is 2.39. The second-order valence-corrected chi connectivity index (χ2v) is 12.0. The van der Waals surface area contributed by atoms with E-state index in [1.54, 1.807) is 55.5 Å². The van der Waals surface area contributed by atoms with Gasteiger partial charge >= 0.3 is 0 Å². The van der Waals surface area contributed by atoms with Gasteiger partial charge in [-0.3, -0.25) is 4.79 Å². The van der Waals surface area contributed by atoms with E-state index in [1.165, 1.54) is 16.4 Å². The molecule has 0 saturated heterocycles. The molecular weight excluding hydrogens is 558 g/mol. The van der Waals surface area contributed by atoms with Crippen molar-refractivity contribution in [2.24, 2.45) is 0 Å². The van der Waals surface area contributed by atoms with Gasteiger partial charge in [0.25, 0.3) is 15.9 Å². The number of para-hydroxylation sites is 1. The number of nitrogens with two attached hydrogens (primary N) is 1. The molecule has 0 fully saturated rings. The fourth-order valence-corrected chi connectivity index (χ4v) is 7.10. The molecule has 0 saturated carbocycles. The Morgan fingerprint density at radius 1 is 0.791 bits per heavy atom. The molecule has 0 aromatic heterocycles. The Labute approximate surface area is 250 Å². The van der Waals surface area contributed by atoms with Gasteiger partial charge < -0.3 is 16.2 Å². The van der Waals surface area contributed by atoms with E-state index in [-0.39, 0.29) is 16.2 Å². The number of nitrogen functional groups attached to an aromatic ring is 1. The SMILES string of the molecule is CC(NC(=O)c1ccccc1O)c1ccc2c(c1)S(=O)(=O)N(c1ccc(N)cc1)C(c1ccccc1)=C2c1ccccc1. The van der Waals surface area contributed by atoms with Gasteiger partial charge in [0.15, 0.2) is 0 Å². The highest BCUT2D eigenvalue weighted by Crippen LogP contribution is 2.47. The number of phenols is 1. The summed E-state index contributed by atoms with van der Waals surface area (Å²) in [4.78, 5) is 13.1. The van der Waals surface area contributed by atoms with Crippen LogP contribution in [0, 0.1) is 0 Å². The number of fused-ring (bicyclic) bond motifs is 1. The number of carbonyl (C=O) groups excluding carboxylic acids is 1. The Balaban J connectivity index is 1.56. The van der Waals surface area contributed by atoms with Crippen molar-refractivity contribution in [3.05, 3.63) is 155 Å². The number of amides is 1. The third-order valence-corrected chi connectivity index (χ3v) is 9.23. The topological polar surface area (TPSA) is 113 Å². The zero-order valence-electron chi connectivity index (χ0n) is 23.3. The molecule has 0 spiro atoms. The lowest BCUT2D eigenvalue weighted by molar-refractivity contribution is 0.0937. The number of phenolic OH excluding ortho intramolecular Hbond substituents is 1. The van der Waals surface area contributed by atoms with Crippen molar-refractivity contribution in [1.29, 1.82) is 0 Å². The molecule has 7 nitrogen and oxygen atoms in total. The first kappa shape index (κ1) is 27.8. The van der Waals surface area contributed by atoms with Gasteiger partial charge in [-0.1, -0.05) is 84.9 Å². The van der Waals surface area contributed by atoms with Crippen molar-refractivity contribution in [3.63, 3.8) is 0 Å². The Morgan fingerprint density at radius 3 is 2.05 bits per heavy atom. The lowest BCUT2D eigenvalue weighted by Gasteiger charge is -2.35. The highest BCUT2D eigenvalue weighted by atomic mass is 32.2. The van der Waals surface area contributed by atoms with E-state index in [0.717, 1.165) is 16.7 Å². The second-order valence-electron chi connectivity index (χ2n) is 10.3. The van der Waals surface area contributed by atoms with Crippen LogP contribution >= 0.6 is 0 Å². The minimum atomic E-state index is -4.15. The molecule has 1 unspecified atom stereocenters. The van der Waals surface area contributed by atoms with Gasteiger partial charge in [-0.2, -0.15) is 0 Å². The largest absolute Gasteiger partial charge is 0.507 e. The van der Waals surface area contributed by atoms with E-state index in [4.69, 9.17) is 5.73 Å². The van der Waals surface area contributed by atoms with Crippen LogP contribution in [0.1, 0.15) is 45.6 Å². The molecule has 43 heavy (non-hydrogen) atoms. The van der Waals surface area contributed by atoms with E-state index in [9.17, 15) is 18.3 Å². The van der Waals surface area contributed by atoms with Gasteiger partial charge in [0.2, 0.25) is 0 Å². The Morgan fingerprint density at radius 2 is 1.40 bits per heavy atom. The number of anilines is 2. The summed E-state index contributed by atoms with van der Waals surface area (Å²) >= 11 is 0. The number of carbonyl (C=O) groups is 1. The number of nitrogens with zero attached hydrogens (tertiary/aromatic N) is 1. The predicted octanol–water partition coefficient (Wildman–Crippen LogP) is 6.59. The van der Waals surface area contributed by atoms with E-state index in [2.05, 4.69) is 5.32 Å². The minimum absolute atomic E-state index is 0.115. The Hall–Kier alpha value is -5.34. The normalized spacial score (nSPS) is 14.6. The molecule has 5 aromatic rings. The first-order valence-corrected chi connectivity index (χ1v) is 15.2. The molecule has 5 aromatic carbocycles. The number of aromatic hydroxyl groups is 1. The maximum Gasteiger partial charge on any atom is 0.269 e. The molecular formula is C35H29N3O4S. The molecule has 8 heteroatoms. The van der Waals surface area contributed by atoms with Crippen LogP contribution in [0.15, 0.2) is 132 Å². The van der Waals surface area contributed by atoms with Crippen LogP contribution in [-0.2, 0) is 10.0 Å². The fourth-order valence-electron chi connectivity index (χ4n) is 5.33. The number of hydrogen-bond acceptors (Lipinski definition) is 5. The minimum Gasteiger partial charge on any atom is -0.507 e. The van der Waals surface area contributed by atoms with Crippen LogP contribution in [0.4, 0.5) is 11.4 Å². The molecule has 1 atom stereocenters. The van der Waals surface area contributed by atoms with Gasteiger partial charge in [-0.15, -0.1) is 0 Å². The van der Waals surface area contributed by atoms with Crippen LogP contribution in [0.2, 0.25) is 0 Å². The molecule has 4 N–H and O–H groups in total. The summed E-state index contributed by atoms with van der Waals surface area (Å²) in [7, 11) is -4.15. The van der Waals surface area contributed by atoms with Crippen molar-refractivity contribution in [3.8, 4) is 5.75 Å². The summed E-state index contributed by atoms with van der Waals surface area (Å²) in [6.45, 7) is 1.77. The molecule has 1 aliphatic heterocycles. The van der Waals surface area contributed by atoms with Crippen LogP contribution in [-0.4, -0.2) is 19.4 Å². The second kappa shape index (κ2) is 11.2. The van der Waals surface area contributed by atoms with Crippen molar-refractivity contribution in [2.45, 2.75) is 17.9 Å². The zero-order chi connectivity index (χ0) is 30.1. The quantitative estimate of drug-likeness (QED) is 0.194. The van der Waals surface area contributed by atoms with Gasteiger partial charge in [-0.25, -0.2) is 12.7 Å². The summed E-state index contributed by atoms with van der Waals surface area (Å²) < 4.78 is 30.7. The third kappa shape index (κ3) is 5.13. The monoisotopic (exact) mass is 587 g/mol. The predicted molar refractivity (Wildman–Crippen MR) is 170 cm³/mol. The van der Waals surface area contributed by atoms with Crippen molar-refractivity contribution >= 4 is 38.6 Å². The summed E-state index contributed by atoms with van der Waals surface area (Å²) in [5.74, 6) is -0.601. The smallest absolute Gasteiger partial charge is 0.269 e. The highest BCUT2D eigenvalue weighted by molar-refractivity contribution is 7.93. The van der Waals surface area contributed by atoms with Crippen molar-refractivity contribution in [2.75, 3.05) is 10.0 Å². The molecule has 0 radical (unpaired) electrons. The molecule has 1 amide bonds. The molecule has 0 bridgehead atoms. The van der Waals surface area contributed by atoms with Crippen LogP contribution in [0.3, 0.4) is 0 Å². The summed E-state index contributed by atoms with van der Waals surface area (Å²) in [6.07, 6.45) is 0. The van der Waals surface area contributed by atoms with Crippen molar-refractivity contribution < 1.29 is 18.3 Å². The maximum atomic E-state index is 14.7. The summed E-state index contributed by atoms with van der Waals surface area (Å²) in [5.41, 5.74) is 11.1. The molecule has 6 rings (SSSR count). The average molecular weight is 588 g/mol. The Bertz CT molecular complexity index is 1960. The van der Waals surface area contributed by atoms with Crippen LogP contribution in [0.25, 0.3) is 11.3 Å².